The van der Waals surface area contributed by atoms with Crippen LogP contribution in [0.15, 0.2) is 23.1 Å². The molecular formula is C17H24F2N2O4S. The van der Waals surface area contributed by atoms with E-state index in [1.54, 1.807) is 26.8 Å². The van der Waals surface area contributed by atoms with Gasteiger partial charge in [0.1, 0.15) is 0 Å². The minimum atomic E-state index is -3.69. The fourth-order valence-corrected chi connectivity index (χ4v) is 4.53. The lowest BCUT2D eigenvalue weighted by Crippen LogP contribution is -2.32. The van der Waals surface area contributed by atoms with E-state index in [0.29, 0.717) is 31.6 Å². The number of nitrogens with zero attached hydrogens (tertiary/aromatic N) is 2. The summed E-state index contributed by atoms with van der Waals surface area (Å²) in [6.45, 7) is 3.34. The summed E-state index contributed by atoms with van der Waals surface area (Å²) in [7, 11) is -3.69. The highest BCUT2D eigenvalue weighted by molar-refractivity contribution is 7.89. The first-order valence-electron chi connectivity index (χ1n) is 8.54. The number of benzene rings is 1. The highest BCUT2D eigenvalue weighted by Gasteiger charge is 2.31. The highest BCUT2D eigenvalue weighted by Crippen LogP contribution is 2.23. The van der Waals surface area contributed by atoms with E-state index in [2.05, 4.69) is 4.74 Å². The molecule has 0 radical (unpaired) electrons. The zero-order chi connectivity index (χ0) is 19.5. The Kier molecular flexibility index (Phi) is 6.70. The number of carbonyl (C=O) groups excluding carboxylic acids is 1. The van der Waals surface area contributed by atoms with E-state index < -0.39 is 22.7 Å². The van der Waals surface area contributed by atoms with Gasteiger partial charge in [0.05, 0.1) is 11.0 Å². The van der Waals surface area contributed by atoms with E-state index >= 15 is 0 Å². The fourth-order valence-electron chi connectivity index (χ4n) is 3.04. The summed E-state index contributed by atoms with van der Waals surface area (Å²) >= 11 is 0. The normalized spacial score (nSPS) is 18.1. The number of halogens is 2. The summed E-state index contributed by atoms with van der Waals surface area (Å²) in [4.78, 5) is 14.2. The molecule has 146 valence electrons. The molecule has 0 aliphatic carbocycles. The first-order valence-corrected chi connectivity index (χ1v) is 9.98. The van der Waals surface area contributed by atoms with Crippen molar-refractivity contribution in [2.24, 2.45) is 0 Å². The molecule has 1 saturated heterocycles. The Hall–Kier alpha value is -1.58. The lowest BCUT2D eigenvalue weighted by Gasteiger charge is -2.21. The molecule has 9 heteroatoms. The molecule has 1 aliphatic rings. The summed E-state index contributed by atoms with van der Waals surface area (Å²) in [5.41, 5.74) is 0.891. The van der Waals surface area contributed by atoms with E-state index in [0.717, 1.165) is 0 Å². The van der Waals surface area contributed by atoms with Crippen molar-refractivity contribution in [2.75, 3.05) is 26.2 Å². The fraction of sp³-hybridized carbons (Fsp3) is 0.588. The zero-order valence-corrected chi connectivity index (χ0v) is 15.9. The molecule has 0 bridgehead atoms. The third-order valence-electron chi connectivity index (χ3n) is 4.51. The minimum absolute atomic E-state index is 0.0507. The van der Waals surface area contributed by atoms with Crippen molar-refractivity contribution in [3.8, 4) is 0 Å². The van der Waals surface area contributed by atoms with Gasteiger partial charge in [0.15, 0.2) is 0 Å². The van der Waals surface area contributed by atoms with Crippen molar-refractivity contribution in [3.05, 3.63) is 29.3 Å². The highest BCUT2D eigenvalue weighted by atomic mass is 32.2. The van der Waals surface area contributed by atoms with E-state index in [4.69, 9.17) is 0 Å². The second kappa shape index (κ2) is 8.41. The molecule has 1 aromatic rings. The molecule has 0 unspecified atom stereocenters. The van der Waals surface area contributed by atoms with Gasteiger partial charge in [-0.25, -0.2) is 8.42 Å². The molecule has 1 amide bonds. The van der Waals surface area contributed by atoms with Crippen molar-refractivity contribution in [2.45, 2.75) is 44.8 Å². The van der Waals surface area contributed by atoms with Gasteiger partial charge < -0.3 is 9.64 Å². The molecule has 1 atom stereocenters. The van der Waals surface area contributed by atoms with Crippen LogP contribution in [0.3, 0.4) is 0 Å². The lowest BCUT2D eigenvalue weighted by molar-refractivity contribution is -0.158. The van der Waals surface area contributed by atoms with Gasteiger partial charge in [0, 0.05) is 31.7 Å². The van der Waals surface area contributed by atoms with Gasteiger partial charge >= 0.3 is 6.61 Å². The second-order valence-corrected chi connectivity index (χ2v) is 8.06. The number of aryl methyl sites for hydroxylation is 1. The average molecular weight is 390 g/mol. The molecule has 2 rings (SSSR count). The Bertz CT molecular complexity index is 751. The molecule has 0 spiro atoms. The number of likely N-dealkylation sites (tertiary alicyclic amines) is 1. The molecule has 0 saturated carbocycles. The molecule has 0 aromatic heterocycles. The summed E-state index contributed by atoms with van der Waals surface area (Å²) in [6.07, 6.45) is -0.381. The van der Waals surface area contributed by atoms with E-state index in [1.807, 2.05) is 0 Å². The SMILES string of the molecule is CCN(CC)S(=O)(=O)c1ccc(C)c(C(=O)N2CC[C@H](OC(F)F)C2)c1. The summed E-state index contributed by atoms with van der Waals surface area (Å²) in [6, 6.07) is 4.44. The maximum atomic E-state index is 12.8. The lowest BCUT2D eigenvalue weighted by atomic mass is 10.1. The van der Waals surface area contributed by atoms with Crippen LogP contribution in [-0.2, 0) is 14.8 Å². The molecule has 26 heavy (non-hydrogen) atoms. The zero-order valence-electron chi connectivity index (χ0n) is 15.1. The maximum absolute atomic E-state index is 12.8. The first kappa shape index (κ1) is 20.7. The predicted octanol–water partition coefficient (Wildman–Crippen LogP) is 2.48. The van der Waals surface area contributed by atoms with Crippen molar-refractivity contribution in [1.29, 1.82) is 0 Å². The predicted molar refractivity (Wildman–Crippen MR) is 92.7 cm³/mol. The summed E-state index contributed by atoms with van der Waals surface area (Å²) in [5, 5.41) is 0. The quantitative estimate of drug-likeness (QED) is 0.717. The molecule has 0 N–H and O–H groups in total. The average Bonchev–Trinajstić information content (AvgIpc) is 3.03. The molecule has 1 aromatic carbocycles. The Morgan fingerprint density at radius 1 is 1.35 bits per heavy atom. The number of alkyl halides is 2. The van der Waals surface area contributed by atoms with Gasteiger partial charge in [-0.15, -0.1) is 0 Å². The van der Waals surface area contributed by atoms with Crippen LogP contribution in [0.4, 0.5) is 8.78 Å². The second-order valence-electron chi connectivity index (χ2n) is 6.12. The Labute approximate surface area is 152 Å². The summed E-state index contributed by atoms with van der Waals surface area (Å²) in [5.74, 6) is -0.375. The number of carbonyl (C=O) groups is 1. The van der Waals surface area contributed by atoms with Crippen LogP contribution >= 0.6 is 0 Å². The van der Waals surface area contributed by atoms with Gasteiger partial charge in [-0.2, -0.15) is 13.1 Å². The molecule has 6 nitrogen and oxygen atoms in total. The third-order valence-corrected chi connectivity index (χ3v) is 6.56. The largest absolute Gasteiger partial charge is 0.345 e. The van der Waals surface area contributed by atoms with Gasteiger partial charge in [-0.3, -0.25) is 4.79 Å². The first-order chi connectivity index (χ1) is 12.2. The summed E-state index contributed by atoms with van der Waals surface area (Å²) < 4.78 is 55.8. The number of ether oxygens (including phenoxy) is 1. The monoisotopic (exact) mass is 390 g/mol. The number of hydrogen-bond donors (Lipinski definition) is 0. The molecule has 1 aliphatic heterocycles. The topological polar surface area (TPSA) is 66.9 Å². The van der Waals surface area contributed by atoms with Gasteiger partial charge in [-0.05, 0) is 31.0 Å². The van der Waals surface area contributed by atoms with Crippen LogP contribution in [0.1, 0.15) is 36.2 Å². The van der Waals surface area contributed by atoms with Crippen LogP contribution in [0, 0.1) is 6.92 Å². The van der Waals surface area contributed by atoms with Crippen molar-refractivity contribution in [1.82, 2.24) is 9.21 Å². The maximum Gasteiger partial charge on any atom is 0.345 e. The molecule has 1 fully saturated rings. The van der Waals surface area contributed by atoms with Crippen LogP contribution in [-0.4, -0.2) is 62.4 Å². The Balaban J connectivity index is 2.26. The Morgan fingerprint density at radius 2 is 2.00 bits per heavy atom. The third kappa shape index (κ3) is 4.39. The number of hydrogen-bond acceptors (Lipinski definition) is 4. The van der Waals surface area contributed by atoms with Crippen molar-refractivity contribution < 1.29 is 26.7 Å². The number of amides is 1. The van der Waals surface area contributed by atoms with Gasteiger partial charge in [-0.1, -0.05) is 19.9 Å². The minimum Gasteiger partial charge on any atom is -0.336 e. The molecule has 1 heterocycles. The number of sulfonamides is 1. The van der Waals surface area contributed by atoms with Crippen molar-refractivity contribution >= 4 is 15.9 Å². The van der Waals surface area contributed by atoms with Crippen LogP contribution in [0.25, 0.3) is 0 Å². The van der Waals surface area contributed by atoms with E-state index in [-0.39, 0.29) is 22.9 Å². The molecular weight excluding hydrogens is 366 g/mol. The number of rotatable bonds is 7. The van der Waals surface area contributed by atoms with Gasteiger partial charge in [0.25, 0.3) is 5.91 Å². The smallest absolute Gasteiger partial charge is 0.336 e. The van der Waals surface area contributed by atoms with Crippen LogP contribution in [0.5, 0.6) is 0 Å². The van der Waals surface area contributed by atoms with E-state index in [9.17, 15) is 22.0 Å². The van der Waals surface area contributed by atoms with E-state index in [1.165, 1.54) is 21.3 Å². The van der Waals surface area contributed by atoms with Crippen LogP contribution < -0.4 is 0 Å². The Morgan fingerprint density at radius 3 is 2.58 bits per heavy atom. The van der Waals surface area contributed by atoms with Crippen LogP contribution in [0.2, 0.25) is 0 Å². The standard InChI is InChI=1S/C17H24F2N2O4S/c1-4-21(5-2)26(23,24)14-7-6-12(3)15(10-14)16(22)20-9-8-13(11-20)25-17(18)19/h6-7,10,13,17H,4-5,8-9,11H2,1-3H3/t13-/m0/s1. The van der Waals surface area contributed by atoms with Crippen molar-refractivity contribution in [3.63, 3.8) is 0 Å². The van der Waals surface area contributed by atoms with Gasteiger partial charge in [0.2, 0.25) is 10.0 Å².